The van der Waals surface area contributed by atoms with E-state index in [0.717, 1.165) is 16.5 Å². The van der Waals surface area contributed by atoms with Crippen LogP contribution < -0.4 is 5.32 Å². The fourth-order valence-corrected chi connectivity index (χ4v) is 1.61. The van der Waals surface area contributed by atoms with Crippen LogP contribution in [0.4, 0.5) is 8.78 Å². The first-order chi connectivity index (χ1) is 7.65. The molecule has 0 atom stereocenters. The van der Waals surface area contributed by atoms with Gasteiger partial charge in [0.15, 0.2) is 0 Å². The highest BCUT2D eigenvalue weighted by Crippen LogP contribution is 2.20. The minimum Gasteiger partial charge on any atom is -0.460 e. The van der Waals surface area contributed by atoms with Crippen molar-refractivity contribution in [3.8, 4) is 0 Å². The lowest BCUT2D eigenvalue weighted by Gasteiger charge is -1.99. The van der Waals surface area contributed by atoms with Crippen LogP contribution in [0.5, 0.6) is 0 Å². The highest BCUT2D eigenvalue weighted by atomic mass is 19.3. The molecular weight excluding hydrogens is 212 g/mol. The summed E-state index contributed by atoms with van der Waals surface area (Å²) in [5.41, 5.74) is 1.94. The average molecular weight is 225 g/mol. The molecular formula is C12H13F2NO. The van der Waals surface area contributed by atoms with Crippen LogP contribution >= 0.6 is 0 Å². The summed E-state index contributed by atoms with van der Waals surface area (Å²) in [5, 5.41) is 3.64. The third-order valence-electron chi connectivity index (χ3n) is 2.32. The molecule has 0 aliphatic rings. The number of benzene rings is 1. The molecule has 2 nitrogen and oxygen atoms in total. The summed E-state index contributed by atoms with van der Waals surface area (Å²) in [6, 6.07) is 7.74. The molecule has 0 saturated carbocycles. The number of furan rings is 1. The molecule has 0 amide bonds. The topological polar surface area (TPSA) is 25.2 Å². The fourth-order valence-electron chi connectivity index (χ4n) is 1.61. The molecule has 16 heavy (non-hydrogen) atoms. The van der Waals surface area contributed by atoms with Gasteiger partial charge in [-0.2, -0.15) is 0 Å². The van der Waals surface area contributed by atoms with Crippen LogP contribution in [0, 0.1) is 6.92 Å². The van der Waals surface area contributed by atoms with Gasteiger partial charge in [-0.25, -0.2) is 8.78 Å². The van der Waals surface area contributed by atoms with Crippen molar-refractivity contribution in [3.63, 3.8) is 0 Å². The van der Waals surface area contributed by atoms with Gasteiger partial charge < -0.3 is 9.73 Å². The maximum absolute atomic E-state index is 11.9. The van der Waals surface area contributed by atoms with E-state index in [1.807, 2.05) is 31.2 Å². The Hall–Kier alpha value is -1.42. The van der Waals surface area contributed by atoms with Crippen LogP contribution in [0.3, 0.4) is 0 Å². The van der Waals surface area contributed by atoms with Crippen LogP contribution in [0.25, 0.3) is 11.0 Å². The summed E-state index contributed by atoms with van der Waals surface area (Å²) >= 11 is 0. The number of alkyl halides is 2. The van der Waals surface area contributed by atoms with Crippen molar-refractivity contribution in [1.29, 1.82) is 0 Å². The Morgan fingerprint density at radius 1 is 1.31 bits per heavy atom. The van der Waals surface area contributed by atoms with E-state index in [4.69, 9.17) is 4.42 Å². The van der Waals surface area contributed by atoms with E-state index >= 15 is 0 Å². The third kappa shape index (κ3) is 2.58. The van der Waals surface area contributed by atoms with Gasteiger partial charge in [0.25, 0.3) is 6.43 Å². The van der Waals surface area contributed by atoms with Crippen molar-refractivity contribution in [2.45, 2.75) is 19.9 Å². The predicted molar refractivity (Wildman–Crippen MR) is 58.7 cm³/mol. The van der Waals surface area contributed by atoms with Crippen LogP contribution in [0.1, 0.15) is 11.3 Å². The first-order valence-corrected chi connectivity index (χ1v) is 5.13. The molecule has 0 bridgehead atoms. The molecule has 1 heterocycles. The largest absolute Gasteiger partial charge is 0.460 e. The molecule has 0 spiro atoms. The van der Waals surface area contributed by atoms with E-state index in [1.165, 1.54) is 0 Å². The van der Waals surface area contributed by atoms with Gasteiger partial charge in [-0.15, -0.1) is 0 Å². The van der Waals surface area contributed by atoms with E-state index < -0.39 is 6.43 Å². The molecule has 0 fully saturated rings. The van der Waals surface area contributed by atoms with Crippen molar-refractivity contribution >= 4 is 11.0 Å². The molecule has 0 radical (unpaired) electrons. The van der Waals surface area contributed by atoms with Gasteiger partial charge in [0.05, 0.1) is 13.1 Å². The third-order valence-corrected chi connectivity index (χ3v) is 2.32. The summed E-state index contributed by atoms with van der Waals surface area (Å²) in [6.07, 6.45) is -2.33. The van der Waals surface area contributed by atoms with Crippen molar-refractivity contribution < 1.29 is 13.2 Å². The highest BCUT2D eigenvalue weighted by molar-refractivity contribution is 5.78. The highest BCUT2D eigenvalue weighted by Gasteiger charge is 2.05. The molecule has 1 aromatic carbocycles. The van der Waals surface area contributed by atoms with E-state index in [9.17, 15) is 8.78 Å². The summed E-state index contributed by atoms with van der Waals surface area (Å²) in [5.74, 6) is 0.682. The monoisotopic (exact) mass is 225 g/mol. The van der Waals surface area contributed by atoms with Crippen LogP contribution in [0.15, 0.2) is 28.7 Å². The number of fused-ring (bicyclic) bond motifs is 1. The minimum atomic E-state index is -2.33. The second kappa shape index (κ2) is 4.61. The molecule has 0 aliphatic carbocycles. The summed E-state index contributed by atoms with van der Waals surface area (Å²) < 4.78 is 29.3. The zero-order chi connectivity index (χ0) is 11.5. The lowest BCUT2D eigenvalue weighted by atomic mass is 10.2. The minimum absolute atomic E-state index is 0.309. The quantitative estimate of drug-likeness (QED) is 0.864. The molecule has 0 unspecified atom stereocenters. The van der Waals surface area contributed by atoms with Crippen LogP contribution in [-0.4, -0.2) is 13.0 Å². The Balaban J connectivity index is 2.08. The zero-order valence-electron chi connectivity index (χ0n) is 8.97. The maximum atomic E-state index is 11.9. The summed E-state index contributed by atoms with van der Waals surface area (Å²) in [4.78, 5) is 0. The standard InChI is InChI=1S/C12H13F2NO/c1-8-2-3-11-9(4-8)5-10(16-11)6-15-7-12(13)14/h2-5,12,15H,6-7H2,1H3. The van der Waals surface area contributed by atoms with E-state index in [1.54, 1.807) is 0 Å². The molecule has 0 aliphatic heterocycles. The van der Waals surface area contributed by atoms with Gasteiger partial charge in [0.2, 0.25) is 0 Å². The van der Waals surface area contributed by atoms with Crippen LogP contribution in [-0.2, 0) is 6.54 Å². The lowest BCUT2D eigenvalue weighted by Crippen LogP contribution is -2.20. The first kappa shape index (κ1) is 11.1. The number of rotatable bonds is 4. The number of halogens is 2. The van der Waals surface area contributed by atoms with Gasteiger partial charge >= 0.3 is 0 Å². The van der Waals surface area contributed by atoms with Gasteiger partial charge in [0.1, 0.15) is 11.3 Å². The first-order valence-electron chi connectivity index (χ1n) is 5.13. The molecule has 86 valence electrons. The molecule has 1 aromatic heterocycles. The molecule has 2 rings (SSSR count). The van der Waals surface area contributed by atoms with Gasteiger partial charge in [-0.3, -0.25) is 0 Å². The Kier molecular flexibility index (Phi) is 3.19. The molecule has 0 saturated heterocycles. The fraction of sp³-hybridized carbons (Fsp3) is 0.333. The van der Waals surface area contributed by atoms with Crippen molar-refractivity contribution in [2.24, 2.45) is 0 Å². The average Bonchev–Trinajstić information content (AvgIpc) is 2.58. The number of hydrogen-bond donors (Lipinski definition) is 1. The van der Waals surface area contributed by atoms with Gasteiger partial charge in [-0.05, 0) is 25.1 Å². The number of nitrogens with one attached hydrogen (secondary N) is 1. The second-order valence-electron chi connectivity index (χ2n) is 3.78. The Labute approximate surface area is 92.2 Å². The van der Waals surface area contributed by atoms with E-state index in [2.05, 4.69) is 5.32 Å². The maximum Gasteiger partial charge on any atom is 0.250 e. The predicted octanol–water partition coefficient (Wildman–Crippen LogP) is 3.10. The molecule has 2 aromatic rings. The van der Waals surface area contributed by atoms with Crippen molar-refractivity contribution in [1.82, 2.24) is 5.32 Å². The summed E-state index contributed by atoms with van der Waals surface area (Å²) in [7, 11) is 0. The Morgan fingerprint density at radius 2 is 2.12 bits per heavy atom. The number of aryl methyl sites for hydroxylation is 1. The second-order valence-corrected chi connectivity index (χ2v) is 3.78. The van der Waals surface area contributed by atoms with Crippen LogP contribution in [0.2, 0.25) is 0 Å². The normalized spacial score (nSPS) is 11.5. The van der Waals surface area contributed by atoms with Crippen molar-refractivity contribution in [2.75, 3.05) is 6.54 Å². The Morgan fingerprint density at radius 3 is 2.88 bits per heavy atom. The van der Waals surface area contributed by atoms with Crippen molar-refractivity contribution in [3.05, 3.63) is 35.6 Å². The van der Waals surface area contributed by atoms with Gasteiger partial charge in [-0.1, -0.05) is 11.6 Å². The molecule has 4 heteroatoms. The molecule has 1 N–H and O–H groups in total. The zero-order valence-corrected chi connectivity index (χ0v) is 8.97. The SMILES string of the molecule is Cc1ccc2oc(CNCC(F)F)cc2c1. The number of hydrogen-bond acceptors (Lipinski definition) is 2. The van der Waals surface area contributed by atoms with E-state index in [-0.39, 0.29) is 6.54 Å². The van der Waals surface area contributed by atoms with Gasteiger partial charge in [0, 0.05) is 5.39 Å². The van der Waals surface area contributed by atoms with E-state index in [0.29, 0.717) is 12.3 Å². The summed E-state index contributed by atoms with van der Waals surface area (Å²) in [6.45, 7) is 2.02. The lowest BCUT2D eigenvalue weighted by molar-refractivity contribution is 0.145. The Bertz CT molecular complexity index is 479. The smallest absolute Gasteiger partial charge is 0.250 e.